The molecule has 1 N–H and O–H groups in total. The molecule has 1 heterocycles. The molecule has 3 aromatic carbocycles. The van der Waals surface area contributed by atoms with Gasteiger partial charge in [-0.2, -0.15) is 0 Å². The highest BCUT2D eigenvalue weighted by Crippen LogP contribution is 2.41. The van der Waals surface area contributed by atoms with Crippen LogP contribution >= 0.6 is 0 Å². The molecule has 6 heteroatoms. The van der Waals surface area contributed by atoms with Crippen LogP contribution in [0.5, 0.6) is 0 Å². The first kappa shape index (κ1) is 18.5. The van der Waals surface area contributed by atoms with E-state index in [4.69, 9.17) is 0 Å². The molecule has 5 nitrogen and oxygen atoms in total. The van der Waals surface area contributed by atoms with Crippen LogP contribution < -0.4 is 9.62 Å². The lowest BCUT2D eigenvalue weighted by Crippen LogP contribution is -2.35. The molecule has 0 atom stereocenters. The second kappa shape index (κ2) is 7.28. The Bertz CT molecular complexity index is 1130. The van der Waals surface area contributed by atoms with Crippen molar-refractivity contribution in [2.24, 2.45) is 0 Å². The van der Waals surface area contributed by atoms with E-state index in [-0.39, 0.29) is 17.3 Å². The molecular formula is C22H22N2O3S. The fourth-order valence-electron chi connectivity index (χ4n) is 3.60. The van der Waals surface area contributed by atoms with Crippen LogP contribution in [-0.4, -0.2) is 20.9 Å². The second-order valence-corrected chi connectivity index (χ2v) is 8.82. The van der Waals surface area contributed by atoms with Gasteiger partial charge in [-0.1, -0.05) is 49.7 Å². The van der Waals surface area contributed by atoms with Crippen molar-refractivity contribution in [3.05, 3.63) is 66.2 Å². The van der Waals surface area contributed by atoms with Gasteiger partial charge in [-0.05, 0) is 48.1 Å². The molecule has 0 fully saturated rings. The third-order valence-corrected chi connectivity index (χ3v) is 6.83. The molecule has 0 saturated heterocycles. The number of amides is 1. The average molecular weight is 394 g/mol. The summed E-state index contributed by atoms with van der Waals surface area (Å²) >= 11 is 0. The van der Waals surface area contributed by atoms with Crippen molar-refractivity contribution < 1.29 is 13.2 Å². The highest BCUT2D eigenvalue weighted by molar-refractivity contribution is 7.93. The molecule has 0 spiro atoms. The maximum absolute atomic E-state index is 12.9. The molecule has 0 aliphatic carbocycles. The van der Waals surface area contributed by atoms with E-state index in [1.54, 1.807) is 18.2 Å². The zero-order valence-electron chi connectivity index (χ0n) is 15.7. The molecule has 0 radical (unpaired) electrons. The van der Waals surface area contributed by atoms with Gasteiger partial charge in [-0.3, -0.25) is 9.10 Å². The Morgan fingerprint density at radius 3 is 2.43 bits per heavy atom. The topological polar surface area (TPSA) is 66.5 Å². The molecule has 4 rings (SSSR count). The van der Waals surface area contributed by atoms with Gasteiger partial charge in [0, 0.05) is 11.1 Å². The number of nitrogens with zero attached hydrogens (tertiary/aromatic N) is 1. The molecule has 0 saturated carbocycles. The first-order chi connectivity index (χ1) is 13.5. The van der Waals surface area contributed by atoms with Gasteiger partial charge in [0.1, 0.15) is 6.54 Å². The van der Waals surface area contributed by atoms with Gasteiger partial charge in [0.15, 0.2) is 0 Å². The van der Waals surface area contributed by atoms with Crippen molar-refractivity contribution in [2.75, 3.05) is 16.2 Å². The van der Waals surface area contributed by atoms with Crippen LogP contribution in [0.1, 0.15) is 25.3 Å². The largest absolute Gasteiger partial charge is 0.325 e. The van der Waals surface area contributed by atoms with Crippen molar-refractivity contribution >= 4 is 38.1 Å². The predicted molar refractivity (Wildman–Crippen MR) is 112 cm³/mol. The lowest BCUT2D eigenvalue weighted by molar-refractivity contribution is -0.114. The van der Waals surface area contributed by atoms with E-state index in [1.165, 1.54) is 9.87 Å². The van der Waals surface area contributed by atoms with Crippen LogP contribution in [0.15, 0.2) is 65.6 Å². The van der Waals surface area contributed by atoms with Crippen LogP contribution in [-0.2, 0) is 21.2 Å². The van der Waals surface area contributed by atoms with Crippen molar-refractivity contribution in [2.45, 2.75) is 31.1 Å². The molecule has 144 valence electrons. The van der Waals surface area contributed by atoms with Crippen molar-refractivity contribution in [1.82, 2.24) is 0 Å². The SMILES string of the molecule is CCCCc1ccc(NC(=O)CN2c3cccc4cccc(c34)S2(=O)=O)cc1. The number of anilines is 2. The lowest BCUT2D eigenvalue weighted by atomic mass is 10.1. The van der Waals surface area contributed by atoms with E-state index in [1.807, 2.05) is 42.5 Å². The van der Waals surface area contributed by atoms with Crippen LogP contribution in [0.2, 0.25) is 0 Å². The Morgan fingerprint density at radius 1 is 1.00 bits per heavy atom. The van der Waals surface area contributed by atoms with Gasteiger partial charge >= 0.3 is 0 Å². The van der Waals surface area contributed by atoms with E-state index in [0.29, 0.717) is 16.8 Å². The summed E-state index contributed by atoms with van der Waals surface area (Å²) in [5.41, 5.74) is 2.44. The normalized spacial score (nSPS) is 14.4. The van der Waals surface area contributed by atoms with Gasteiger partial charge < -0.3 is 5.32 Å². The molecule has 1 amide bonds. The van der Waals surface area contributed by atoms with Gasteiger partial charge in [-0.25, -0.2) is 8.42 Å². The third kappa shape index (κ3) is 3.24. The number of nitrogens with one attached hydrogen (secondary N) is 1. The average Bonchev–Trinajstić information content (AvgIpc) is 2.91. The number of benzene rings is 3. The van der Waals surface area contributed by atoms with E-state index in [0.717, 1.165) is 24.6 Å². The van der Waals surface area contributed by atoms with Crippen LogP contribution in [0.25, 0.3) is 10.8 Å². The number of carbonyl (C=O) groups is 1. The zero-order chi connectivity index (χ0) is 19.7. The Kier molecular flexibility index (Phi) is 4.81. The fourth-order valence-corrected chi connectivity index (χ4v) is 5.26. The maximum Gasteiger partial charge on any atom is 0.265 e. The molecule has 1 aliphatic heterocycles. The Labute approximate surface area is 165 Å². The number of hydrogen-bond donors (Lipinski definition) is 1. The highest BCUT2D eigenvalue weighted by Gasteiger charge is 2.36. The Hall–Kier alpha value is -2.86. The van der Waals surface area contributed by atoms with Crippen molar-refractivity contribution in [1.29, 1.82) is 0 Å². The first-order valence-corrected chi connectivity index (χ1v) is 10.9. The maximum atomic E-state index is 12.9. The fraction of sp³-hybridized carbons (Fsp3) is 0.227. The number of unbranched alkanes of at least 4 members (excludes halogenated alkanes) is 1. The molecule has 3 aromatic rings. The summed E-state index contributed by atoms with van der Waals surface area (Å²) < 4.78 is 27.1. The number of rotatable bonds is 6. The molecule has 1 aliphatic rings. The minimum Gasteiger partial charge on any atom is -0.325 e. The summed E-state index contributed by atoms with van der Waals surface area (Å²) in [6, 6.07) is 18.3. The molecule has 0 unspecified atom stereocenters. The van der Waals surface area contributed by atoms with E-state index in [9.17, 15) is 13.2 Å². The third-order valence-electron chi connectivity index (χ3n) is 5.03. The minimum atomic E-state index is -3.73. The van der Waals surface area contributed by atoms with Crippen molar-refractivity contribution in [3.8, 4) is 0 Å². The van der Waals surface area contributed by atoms with Gasteiger partial charge in [0.25, 0.3) is 10.0 Å². The first-order valence-electron chi connectivity index (χ1n) is 9.44. The number of carbonyl (C=O) groups excluding carboxylic acids is 1. The van der Waals surface area contributed by atoms with Crippen LogP contribution in [0.3, 0.4) is 0 Å². The minimum absolute atomic E-state index is 0.256. The van der Waals surface area contributed by atoms with E-state index in [2.05, 4.69) is 12.2 Å². The van der Waals surface area contributed by atoms with Crippen molar-refractivity contribution in [3.63, 3.8) is 0 Å². The highest BCUT2D eigenvalue weighted by atomic mass is 32.2. The summed E-state index contributed by atoms with van der Waals surface area (Å²) in [4.78, 5) is 12.8. The lowest BCUT2D eigenvalue weighted by Gasteiger charge is -2.18. The summed E-state index contributed by atoms with van der Waals surface area (Å²) in [6.07, 6.45) is 3.28. The van der Waals surface area contributed by atoms with E-state index < -0.39 is 10.0 Å². The molecule has 0 bridgehead atoms. The second-order valence-electron chi connectivity index (χ2n) is 6.99. The number of aryl methyl sites for hydroxylation is 1. The molecule has 0 aromatic heterocycles. The summed E-state index contributed by atoms with van der Waals surface area (Å²) in [5, 5.41) is 4.33. The Morgan fingerprint density at radius 2 is 1.71 bits per heavy atom. The van der Waals surface area contributed by atoms with Crippen LogP contribution in [0, 0.1) is 0 Å². The quantitative estimate of drug-likeness (QED) is 0.677. The smallest absolute Gasteiger partial charge is 0.265 e. The number of sulfonamides is 1. The molecule has 28 heavy (non-hydrogen) atoms. The Balaban J connectivity index is 1.53. The number of hydrogen-bond acceptors (Lipinski definition) is 3. The predicted octanol–water partition coefficient (Wildman–Crippen LogP) is 4.33. The molecular weight excluding hydrogens is 372 g/mol. The van der Waals surface area contributed by atoms with Crippen LogP contribution in [0.4, 0.5) is 11.4 Å². The summed E-state index contributed by atoms with van der Waals surface area (Å²) in [5.74, 6) is -0.366. The van der Waals surface area contributed by atoms with Gasteiger partial charge in [0.2, 0.25) is 5.91 Å². The van der Waals surface area contributed by atoms with Gasteiger partial charge in [0.05, 0.1) is 10.6 Å². The van der Waals surface area contributed by atoms with E-state index >= 15 is 0 Å². The standard InChI is InChI=1S/C22H22N2O3S/c1-2-3-6-16-11-13-18(14-12-16)23-21(25)15-24-19-9-4-7-17-8-5-10-20(22(17)19)28(24,26)27/h4-5,7-14H,2-3,6,15H2,1H3,(H,23,25). The summed E-state index contributed by atoms with van der Waals surface area (Å²) in [7, 11) is -3.73. The zero-order valence-corrected chi connectivity index (χ0v) is 16.5. The summed E-state index contributed by atoms with van der Waals surface area (Å²) in [6.45, 7) is 1.90. The van der Waals surface area contributed by atoms with Gasteiger partial charge in [-0.15, -0.1) is 0 Å². The monoisotopic (exact) mass is 394 g/mol.